The maximum absolute atomic E-state index is 12.6. The summed E-state index contributed by atoms with van der Waals surface area (Å²) in [5.74, 6) is -0.384. The second kappa shape index (κ2) is 11.2. The predicted octanol–water partition coefficient (Wildman–Crippen LogP) is 4.89. The van der Waals surface area contributed by atoms with E-state index in [1.165, 1.54) is 12.5 Å². The number of amides is 2. The number of hydrogen-bond acceptors (Lipinski definition) is 4. The molecule has 29 heavy (non-hydrogen) atoms. The third-order valence-corrected chi connectivity index (χ3v) is 4.89. The van der Waals surface area contributed by atoms with Crippen molar-refractivity contribution in [2.45, 2.75) is 32.1 Å². The van der Waals surface area contributed by atoms with E-state index in [1.807, 2.05) is 48.5 Å². The Bertz CT molecular complexity index is 847. The van der Waals surface area contributed by atoms with Gasteiger partial charge in [-0.15, -0.1) is 12.4 Å². The van der Waals surface area contributed by atoms with Crippen molar-refractivity contribution in [2.75, 3.05) is 10.6 Å². The van der Waals surface area contributed by atoms with Crippen LogP contribution in [-0.4, -0.2) is 17.0 Å². The van der Waals surface area contributed by atoms with E-state index in [2.05, 4.69) is 10.6 Å². The van der Waals surface area contributed by atoms with Gasteiger partial charge in [-0.3, -0.25) is 14.8 Å². The standard InChI is InChI=1S/C22H25N3O3.ClH/c26-21(25-28)15-12-16-10-13-18(14-11-16)23-19-8-4-5-9-20(19)24-22(27)17-6-2-1-3-7-17;/h4-5,8-15,17,23,28H,1-3,6-7H2,(H,24,27)(H,25,26);1H/b15-12+;. The van der Waals surface area contributed by atoms with Gasteiger partial charge in [0.25, 0.3) is 5.91 Å². The zero-order valence-electron chi connectivity index (χ0n) is 16.1. The summed E-state index contributed by atoms with van der Waals surface area (Å²) in [7, 11) is 0. The lowest BCUT2D eigenvalue weighted by Gasteiger charge is -2.21. The second-order valence-corrected chi connectivity index (χ2v) is 6.93. The maximum Gasteiger partial charge on any atom is 0.267 e. The van der Waals surface area contributed by atoms with Crippen LogP contribution in [0.2, 0.25) is 0 Å². The summed E-state index contributed by atoms with van der Waals surface area (Å²) in [6, 6.07) is 15.1. The van der Waals surface area contributed by atoms with Gasteiger partial charge in [0.2, 0.25) is 5.91 Å². The van der Waals surface area contributed by atoms with E-state index in [9.17, 15) is 9.59 Å². The molecule has 2 amide bonds. The minimum atomic E-state index is -0.579. The number of halogens is 1. The maximum atomic E-state index is 12.6. The van der Waals surface area contributed by atoms with Crippen LogP contribution in [0.1, 0.15) is 37.7 Å². The summed E-state index contributed by atoms with van der Waals surface area (Å²) < 4.78 is 0. The molecule has 0 unspecified atom stereocenters. The second-order valence-electron chi connectivity index (χ2n) is 6.93. The van der Waals surface area contributed by atoms with Crippen molar-refractivity contribution in [3.63, 3.8) is 0 Å². The average molecular weight is 416 g/mol. The number of anilines is 3. The Labute approximate surface area is 176 Å². The van der Waals surface area contributed by atoms with Gasteiger partial charge in [-0.2, -0.15) is 0 Å². The van der Waals surface area contributed by atoms with E-state index in [0.29, 0.717) is 0 Å². The largest absolute Gasteiger partial charge is 0.354 e. The van der Waals surface area contributed by atoms with E-state index < -0.39 is 5.91 Å². The molecule has 0 bridgehead atoms. The lowest BCUT2D eigenvalue weighted by molar-refractivity contribution is -0.124. The highest BCUT2D eigenvalue weighted by Gasteiger charge is 2.21. The molecule has 4 N–H and O–H groups in total. The number of nitrogens with one attached hydrogen (secondary N) is 3. The molecule has 2 aromatic rings. The van der Waals surface area contributed by atoms with E-state index in [-0.39, 0.29) is 24.2 Å². The molecule has 0 saturated heterocycles. The Hall–Kier alpha value is -2.83. The summed E-state index contributed by atoms with van der Waals surface area (Å²) in [5.41, 5.74) is 4.84. The van der Waals surface area contributed by atoms with Crippen LogP contribution in [-0.2, 0) is 9.59 Å². The quantitative estimate of drug-likeness (QED) is 0.307. The van der Waals surface area contributed by atoms with Crippen molar-refractivity contribution in [2.24, 2.45) is 5.92 Å². The Morgan fingerprint density at radius 2 is 1.59 bits per heavy atom. The van der Waals surface area contributed by atoms with Gasteiger partial charge in [0.15, 0.2) is 0 Å². The molecular formula is C22H26ClN3O3. The molecule has 7 heteroatoms. The molecule has 3 rings (SSSR count). The number of rotatable bonds is 6. The van der Waals surface area contributed by atoms with Crippen LogP contribution in [0.5, 0.6) is 0 Å². The van der Waals surface area contributed by atoms with Gasteiger partial charge in [-0.1, -0.05) is 43.5 Å². The summed E-state index contributed by atoms with van der Waals surface area (Å²) in [6.07, 6.45) is 8.25. The normalized spacial score (nSPS) is 14.1. The molecule has 0 radical (unpaired) electrons. The highest BCUT2D eigenvalue weighted by atomic mass is 35.5. The van der Waals surface area contributed by atoms with Crippen LogP contribution in [0.3, 0.4) is 0 Å². The number of hydroxylamine groups is 1. The number of benzene rings is 2. The van der Waals surface area contributed by atoms with E-state index in [1.54, 1.807) is 11.6 Å². The first-order valence-corrected chi connectivity index (χ1v) is 9.55. The monoisotopic (exact) mass is 415 g/mol. The van der Waals surface area contributed by atoms with Crippen LogP contribution in [0, 0.1) is 5.92 Å². The van der Waals surface area contributed by atoms with Crippen molar-refractivity contribution < 1.29 is 14.8 Å². The molecule has 1 aliphatic rings. The molecule has 1 saturated carbocycles. The van der Waals surface area contributed by atoms with Crippen molar-refractivity contribution in [3.8, 4) is 0 Å². The number of carbonyl (C=O) groups excluding carboxylic acids is 2. The third kappa shape index (κ3) is 6.62. The van der Waals surface area contributed by atoms with Gasteiger partial charge in [-0.05, 0) is 48.7 Å². The van der Waals surface area contributed by atoms with E-state index in [4.69, 9.17) is 5.21 Å². The summed E-state index contributed by atoms with van der Waals surface area (Å²) >= 11 is 0. The number of para-hydroxylation sites is 2. The fraction of sp³-hybridized carbons (Fsp3) is 0.273. The van der Waals surface area contributed by atoms with Gasteiger partial charge in [-0.25, -0.2) is 5.48 Å². The van der Waals surface area contributed by atoms with Crippen molar-refractivity contribution in [1.29, 1.82) is 0 Å². The molecule has 6 nitrogen and oxygen atoms in total. The molecule has 0 aliphatic heterocycles. The van der Waals surface area contributed by atoms with Gasteiger partial charge in [0.1, 0.15) is 0 Å². The van der Waals surface area contributed by atoms with Crippen molar-refractivity contribution >= 4 is 47.4 Å². The number of hydrogen-bond donors (Lipinski definition) is 4. The minimum Gasteiger partial charge on any atom is -0.354 e. The summed E-state index contributed by atoms with van der Waals surface area (Å²) in [4.78, 5) is 23.6. The Balaban J connectivity index is 0.00000300. The molecule has 0 spiro atoms. The Morgan fingerprint density at radius 1 is 0.931 bits per heavy atom. The molecule has 1 fully saturated rings. The number of carbonyl (C=O) groups is 2. The van der Waals surface area contributed by atoms with Gasteiger partial charge in [0.05, 0.1) is 11.4 Å². The van der Waals surface area contributed by atoms with E-state index in [0.717, 1.165) is 48.3 Å². The average Bonchev–Trinajstić information content (AvgIpc) is 2.75. The van der Waals surface area contributed by atoms with Crippen molar-refractivity contribution in [3.05, 3.63) is 60.2 Å². The lowest BCUT2D eigenvalue weighted by Crippen LogP contribution is -2.25. The van der Waals surface area contributed by atoms with Gasteiger partial charge >= 0.3 is 0 Å². The molecule has 154 valence electrons. The molecule has 2 aromatic carbocycles. The Kier molecular flexibility index (Phi) is 8.70. The van der Waals surface area contributed by atoms with Gasteiger partial charge < -0.3 is 10.6 Å². The lowest BCUT2D eigenvalue weighted by atomic mass is 9.88. The molecule has 0 aromatic heterocycles. The third-order valence-electron chi connectivity index (χ3n) is 4.89. The topological polar surface area (TPSA) is 90.5 Å². The van der Waals surface area contributed by atoms with Crippen molar-refractivity contribution in [1.82, 2.24) is 5.48 Å². The smallest absolute Gasteiger partial charge is 0.267 e. The fourth-order valence-electron chi connectivity index (χ4n) is 3.34. The highest BCUT2D eigenvalue weighted by molar-refractivity contribution is 5.96. The zero-order chi connectivity index (χ0) is 19.8. The predicted molar refractivity (Wildman–Crippen MR) is 118 cm³/mol. The first-order chi connectivity index (χ1) is 13.7. The SMILES string of the molecule is Cl.O=C(/C=C/c1ccc(Nc2ccccc2NC(=O)C2CCCCC2)cc1)NO. The summed E-state index contributed by atoms with van der Waals surface area (Å²) in [6.45, 7) is 0. The first kappa shape index (κ1) is 22.5. The van der Waals surface area contributed by atoms with Crippen LogP contribution in [0.25, 0.3) is 6.08 Å². The van der Waals surface area contributed by atoms with Crippen LogP contribution < -0.4 is 16.1 Å². The van der Waals surface area contributed by atoms with Crippen LogP contribution in [0.15, 0.2) is 54.6 Å². The zero-order valence-corrected chi connectivity index (χ0v) is 16.9. The highest BCUT2D eigenvalue weighted by Crippen LogP contribution is 2.29. The van der Waals surface area contributed by atoms with Gasteiger partial charge in [0, 0.05) is 17.7 Å². The molecule has 0 heterocycles. The van der Waals surface area contributed by atoms with Crippen LogP contribution in [0.4, 0.5) is 17.1 Å². The van der Waals surface area contributed by atoms with E-state index >= 15 is 0 Å². The fourth-order valence-corrected chi connectivity index (χ4v) is 3.34. The first-order valence-electron chi connectivity index (χ1n) is 9.55. The van der Waals surface area contributed by atoms with Crippen LogP contribution >= 0.6 is 12.4 Å². The molecule has 0 atom stereocenters. The summed E-state index contributed by atoms with van der Waals surface area (Å²) in [5, 5.41) is 14.9. The molecule has 1 aliphatic carbocycles. The minimum absolute atomic E-state index is 0. The molecular weight excluding hydrogens is 390 g/mol. The Morgan fingerprint density at radius 3 is 2.24 bits per heavy atom.